The highest BCUT2D eigenvalue weighted by atomic mass is 16.6. The Morgan fingerprint density at radius 1 is 0.710 bits per heavy atom. The first-order valence-corrected chi connectivity index (χ1v) is 11.1. The normalized spacial score (nSPS) is 19.3. The second-order valence-corrected chi connectivity index (χ2v) is 8.30. The third-order valence-corrected chi connectivity index (χ3v) is 5.79. The number of nitrogens with zero attached hydrogens (tertiary/aromatic N) is 2. The molecular formula is C25H34N2O4. The van der Waals surface area contributed by atoms with Gasteiger partial charge in [-0.05, 0) is 41.8 Å². The van der Waals surface area contributed by atoms with Gasteiger partial charge in [0.25, 0.3) is 0 Å². The SMILES string of the molecule is COCCN(CCOC)c1ccc(Cc2ccc(N(CC3CO3)CC3CO3)cc2)cc1. The Balaban J connectivity index is 1.35. The standard InChI is InChI=1S/C25H34N2O4/c1-28-13-11-26(12-14-29-2)22-7-3-20(4-8-22)15-21-5-9-23(10-6-21)27(16-24-18-30-24)17-25-19-31-25/h3-10,24-25H,11-19H2,1-2H3. The summed E-state index contributed by atoms with van der Waals surface area (Å²) in [6.07, 6.45) is 1.68. The topological polar surface area (TPSA) is 50.0 Å². The Morgan fingerprint density at radius 3 is 1.52 bits per heavy atom. The van der Waals surface area contributed by atoms with Crippen molar-refractivity contribution in [2.45, 2.75) is 18.6 Å². The Labute approximate surface area is 185 Å². The summed E-state index contributed by atoms with van der Waals surface area (Å²) in [6, 6.07) is 17.8. The van der Waals surface area contributed by atoms with E-state index in [1.807, 2.05) is 0 Å². The molecule has 0 saturated carbocycles. The van der Waals surface area contributed by atoms with Crippen molar-refractivity contribution in [3.05, 3.63) is 59.7 Å². The molecule has 31 heavy (non-hydrogen) atoms. The zero-order valence-corrected chi connectivity index (χ0v) is 18.7. The molecule has 0 N–H and O–H groups in total. The second-order valence-electron chi connectivity index (χ2n) is 8.30. The minimum Gasteiger partial charge on any atom is -0.383 e. The van der Waals surface area contributed by atoms with E-state index in [0.717, 1.165) is 45.8 Å². The molecule has 2 aliphatic rings. The van der Waals surface area contributed by atoms with E-state index in [0.29, 0.717) is 25.4 Å². The average molecular weight is 427 g/mol. The largest absolute Gasteiger partial charge is 0.383 e. The van der Waals surface area contributed by atoms with Crippen molar-refractivity contribution in [3.63, 3.8) is 0 Å². The molecule has 168 valence electrons. The Bertz CT molecular complexity index is 766. The van der Waals surface area contributed by atoms with Gasteiger partial charge in [-0.15, -0.1) is 0 Å². The molecule has 6 heteroatoms. The summed E-state index contributed by atoms with van der Waals surface area (Å²) in [5.41, 5.74) is 5.08. The molecule has 2 heterocycles. The van der Waals surface area contributed by atoms with E-state index in [9.17, 15) is 0 Å². The highest BCUT2D eigenvalue weighted by Crippen LogP contribution is 2.24. The van der Waals surface area contributed by atoms with Crippen LogP contribution in [0.25, 0.3) is 0 Å². The van der Waals surface area contributed by atoms with Crippen molar-refractivity contribution in [1.82, 2.24) is 0 Å². The number of ether oxygens (including phenoxy) is 4. The molecule has 0 bridgehead atoms. The molecule has 2 aromatic carbocycles. The van der Waals surface area contributed by atoms with Crippen LogP contribution in [-0.4, -0.2) is 79.0 Å². The van der Waals surface area contributed by atoms with Crippen molar-refractivity contribution >= 4 is 11.4 Å². The van der Waals surface area contributed by atoms with E-state index in [1.165, 1.54) is 22.5 Å². The summed E-state index contributed by atoms with van der Waals surface area (Å²) in [5.74, 6) is 0. The summed E-state index contributed by atoms with van der Waals surface area (Å²) < 4.78 is 21.4. The van der Waals surface area contributed by atoms with E-state index in [2.05, 4.69) is 58.3 Å². The highest BCUT2D eigenvalue weighted by Gasteiger charge is 2.30. The molecular weight excluding hydrogens is 392 g/mol. The van der Waals surface area contributed by atoms with Crippen LogP contribution in [0.3, 0.4) is 0 Å². The number of hydrogen-bond acceptors (Lipinski definition) is 6. The van der Waals surface area contributed by atoms with Crippen molar-refractivity contribution in [2.24, 2.45) is 0 Å². The fourth-order valence-electron chi connectivity index (χ4n) is 3.78. The van der Waals surface area contributed by atoms with Crippen LogP contribution in [-0.2, 0) is 25.4 Å². The number of benzene rings is 2. The highest BCUT2D eigenvalue weighted by molar-refractivity contribution is 5.50. The first-order chi connectivity index (χ1) is 15.2. The van der Waals surface area contributed by atoms with Gasteiger partial charge >= 0.3 is 0 Å². The van der Waals surface area contributed by atoms with Gasteiger partial charge in [-0.25, -0.2) is 0 Å². The maximum atomic E-state index is 5.43. The predicted molar refractivity (Wildman–Crippen MR) is 123 cm³/mol. The number of rotatable bonds is 14. The zero-order valence-electron chi connectivity index (χ0n) is 18.7. The Morgan fingerprint density at radius 2 is 1.13 bits per heavy atom. The lowest BCUT2D eigenvalue weighted by Gasteiger charge is -2.24. The summed E-state index contributed by atoms with van der Waals surface area (Å²) >= 11 is 0. The molecule has 2 atom stereocenters. The minimum atomic E-state index is 0.379. The molecule has 2 aromatic rings. The van der Waals surface area contributed by atoms with Crippen LogP contribution in [0, 0.1) is 0 Å². The molecule has 2 unspecified atom stereocenters. The predicted octanol–water partition coefficient (Wildman–Crippen LogP) is 2.98. The minimum absolute atomic E-state index is 0.379. The smallest absolute Gasteiger partial charge is 0.0984 e. The summed E-state index contributed by atoms with van der Waals surface area (Å²) in [6.45, 7) is 6.77. The monoisotopic (exact) mass is 426 g/mol. The zero-order chi connectivity index (χ0) is 21.5. The van der Waals surface area contributed by atoms with Crippen molar-refractivity contribution < 1.29 is 18.9 Å². The van der Waals surface area contributed by atoms with E-state index >= 15 is 0 Å². The first kappa shape index (κ1) is 22.1. The van der Waals surface area contributed by atoms with Crippen LogP contribution in [0.15, 0.2) is 48.5 Å². The van der Waals surface area contributed by atoms with Crippen LogP contribution < -0.4 is 9.80 Å². The lowest BCUT2D eigenvalue weighted by molar-refractivity contribution is 0.190. The van der Waals surface area contributed by atoms with Crippen LogP contribution in [0.4, 0.5) is 11.4 Å². The Hall–Kier alpha value is -2.12. The quantitative estimate of drug-likeness (QED) is 0.433. The van der Waals surface area contributed by atoms with Gasteiger partial charge in [0.15, 0.2) is 0 Å². The van der Waals surface area contributed by atoms with Gasteiger partial charge in [-0.2, -0.15) is 0 Å². The van der Waals surface area contributed by atoms with Gasteiger partial charge in [0, 0.05) is 51.8 Å². The lowest BCUT2D eigenvalue weighted by Crippen LogP contribution is -2.31. The molecule has 0 amide bonds. The summed E-state index contributed by atoms with van der Waals surface area (Å²) in [7, 11) is 3.48. The van der Waals surface area contributed by atoms with Gasteiger partial charge in [0.1, 0.15) is 0 Å². The van der Waals surface area contributed by atoms with Crippen LogP contribution >= 0.6 is 0 Å². The van der Waals surface area contributed by atoms with Crippen molar-refractivity contribution in [3.8, 4) is 0 Å². The first-order valence-electron chi connectivity index (χ1n) is 11.1. The number of epoxide rings is 2. The molecule has 0 aliphatic carbocycles. The third kappa shape index (κ3) is 6.94. The fourth-order valence-corrected chi connectivity index (χ4v) is 3.78. The molecule has 0 aromatic heterocycles. The molecule has 0 radical (unpaired) electrons. The third-order valence-electron chi connectivity index (χ3n) is 5.79. The lowest BCUT2D eigenvalue weighted by atomic mass is 10.0. The number of hydrogen-bond donors (Lipinski definition) is 0. The van der Waals surface area contributed by atoms with Gasteiger partial charge < -0.3 is 28.7 Å². The van der Waals surface area contributed by atoms with Gasteiger partial charge in [-0.1, -0.05) is 24.3 Å². The fraction of sp³-hybridized carbons (Fsp3) is 0.520. The molecule has 2 fully saturated rings. The Kier molecular flexibility index (Phi) is 7.81. The van der Waals surface area contributed by atoms with Gasteiger partial charge in [0.05, 0.1) is 38.6 Å². The maximum Gasteiger partial charge on any atom is 0.0984 e. The summed E-state index contributed by atoms with van der Waals surface area (Å²) in [5, 5.41) is 0. The van der Waals surface area contributed by atoms with Gasteiger partial charge in [0.2, 0.25) is 0 Å². The molecule has 2 saturated heterocycles. The van der Waals surface area contributed by atoms with Crippen LogP contribution in [0.5, 0.6) is 0 Å². The molecule has 2 aliphatic heterocycles. The average Bonchev–Trinajstić information content (AvgIpc) is 3.72. The maximum absolute atomic E-state index is 5.43. The van der Waals surface area contributed by atoms with E-state index < -0.39 is 0 Å². The van der Waals surface area contributed by atoms with Crippen LogP contribution in [0.2, 0.25) is 0 Å². The van der Waals surface area contributed by atoms with E-state index in [4.69, 9.17) is 18.9 Å². The van der Waals surface area contributed by atoms with Gasteiger partial charge in [-0.3, -0.25) is 0 Å². The molecule has 4 rings (SSSR count). The second kappa shape index (κ2) is 11.0. The van der Waals surface area contributed by atoms with E-state index in [-0.39, 0.29) is 0 Å². The van der Waals surface area contributed by atoms with Crippen LogP contribution in [0.1, 0.15) is 11.1 Å². The van der Waals surface area contributed by atoms with Crippen molar-refractivity contribution in [2.75, 3.05) is 76.6 Å². The number of anilines is 2. The van der Waals surface area contributed by atoms with Crippen molar-refractivity contribution in [1.29, 1.82) is 0 Å². The summed E-state index contributed by atoms with van der Waals surface area (Å²) in [4.78, 5) is 4.69. The molecule has 0 spiro atoms. The van der Waals surface area contributed by atoms with E-state index in [1.54, 1.807) is 14.2 Å². The number of methoxy groups -OCH3 is 2. The molecule has 6 nitrogen and oxygen atoms in total.